The Hall–Kier alpha value is -2.41. The summed E-state index contributed by atoms with van der Waals surface area (Å²) in [5, 5.41) is 20.1. The van der Waals surface area contributed by atoms with Crippen molar-refractivity contribution in [3.63, 3.8) is 0 Å². The van der Waals surface area contributed by atoms with Crippen molar-refractivity contribution < 1.29 is 19.8 Å². The lowest BCUT2D eigenvalue weighted by Crippen LogP contribution is -2.30. The fraction of sp³-hybridized carbons (Fsp3) is 0.250. The van der Waals surface area contributed by atoms with Gasteiger partial charge in [-0.25, -0.2) is 9.78 Å². The second-order valence-electron chi connectivity index (χ2n) is 4.03. The highest BCUT2D eigenvalue weighted by molar-refractivity contribution is 5.97. The van der Waals surface area contributed by atoms with Crippen LogP contribution in [0.2, 0.25) is 0 Å². The zero-order chi connectivity index (χ0) is 13.8. The summed E-state index contributed by atoms with van der Waals surface area (Å²) in [5.74, 6) is -1.62. The van der Waals surface area contributed by atoms with Gasteiger partial charge in [0, 0.05) is 18.5 Å². The number of carbonyl (C=O) groups excluding carboxylic acids is 1. The predicted octanol–water partition coefficient (Wildman–Crippen LogP) is 0.128. The Morgan fingerprint density at radius 3 is 2.95 bits per heavy atom. The Morgan fingerprint density at radius 1 is 1.42 bits per heavy atom. The maximum absolute atomic E-state index is 11.8. The topological polar surface area (TPSA) is 115 Å². The van der Waals surface area contributed by atoms with Crippen LogP contribution in [-0.2, 0) is 4.79 Å². The molecule has 1 unspecified atom stereocenters. The molecule has 1 atom stereocenters. The molecule has 0 aliphatic rings. The third-order valence-corrected chi connectivity index (χ3v) is 2.67. The highest BCUT2D eigenvalue weighted by Crippen LogP contribution is 2.11. The fourth-order valence-electron chi connectivity index (χ4n) is 1.62. The first-order valence-corrected chi connectivity index (χ1v) is 5.70. The average Bonchev–Trinajstić information content (AvgIpc) is 2.85. The molecule has 1 heterocycles. The molecule has 0 fully saturated rings. The van der Waals surface area contributed by atoms with Crippen LogP contribution in [0.5, 0.6) is 0 Å². The lowest BCUT2D eigenvalue weighted by Gasteiger charge is -2.07. The summed E-state index contributed by atoms with van der Waals surface area (Å²) in [5.41, 5.74) is 1.96. The summed E-state index contributed by atoms with van der Waals surface area (Å²) < 4.78 is 0. The van der Waals surface area contributed by atoms with E-state index < -0.39 is 12.1 Å². The van der Waals surface area contributed by atoms with Crippen LogP contribution >= 0.6 is 0 Å². The number of nitrogens with one attached hydrogen (secondary N) is 2. The number of H-pyrrole nitrogens is 1. The predicted molar refractivity (Wildman–Crippen MR) is 66.7 cm³/mol. The number of aliphatic hydroxyl groups is 1. The molecule has 19 heavy (non-hydrogen) atoms. The van der Waals surface area contributed by atoms with E-state index in [2.05, 4.69) is 15.3 Å². The average molecular weight is 263 g/mol. The van der Waals surface area contributed by atoms with Crippen LogP contribution in [0, 0.1) is 0 Å². The van der Waals surface area contributed by atoms with Gasteiger partial charge >= 0.3 is 5.97 Å². The SMILES string of the molecule is O=C(NCCC(O)C(=O)O)c1ccc2nc[nH]c2c1. The molecule has 0 saturated carbocycles. The standard InChI is InChI=1S/C12H13N3O4/c16-10(12(18)19)3-4-13-11(17)7-1-2-8-9(5-7)15-6-14-8/h1-2,5-6,10,16H,3-4H2,(H,13,17)(H,14,15)(H,18,19). The molecule has 0 aliphatic heterocycles. The van der Waals surface area contributed by atoms with Crippen molar-refractivity contribution in [3.05, 3.63) is 30.1 Å². The van der Waals surface area contributed by atoms with Crippen molar-refractivity contribution in [1.29, 1.82) is 0 Å². The van der Waals surface area contributed by atoms with E-state index in [0.717, 1.165) is 11.0 Å². The maximum Gasteiger partial charge on any atom is 0.332 e. The number of fused-ring (bicyclic) bond motifs is 1. The molecule has 2 rings (SSSR count). The number of aromatic nitrogens is 2. The highest BCUT2D eigenvalue weighted by atomic mass is 16.4. The van der Waals surface area contributed by atoms with E-state index in [0.29, 0.717) is 5.56 Å². The van der Waals surface area contributed by atoms with E-state index in [1.807, 2.05) is 0 Å². The molecule has 1 amide bonds. The van der Waals surface area contributed by atoms with Crippen molar-refractivity contribution in [2.45, 2.75) is 12.5 Å². The summed E-state index contributed by atoms with van der Waals surface area (Å²) >= 11 is 0. The number of aliphatic hydroxyl groups excluding tert-OH is 1. The van der Waals surface area contributed by atoms with Gasteiger partial charge in [0.25, 0.3) is 5.91 Å². The molecule has 0 spiro atoms. The van der Waals surface area contributed by atoms with Crippen LogP contribution in [-0.4, -0.2) is 44.7 Å². The third kappa shape index (κ3) is 3.08. The minimum Gasteiger partial charge on any atom is -0.479 e. The largest absolute Gasteiger partial charge is 0.479 e. The molecule has 2 aromatic rings. The molecule has 1 aromatic carbocycles. The van der Waals surface area contributed by atoms with Crippen molar-refractivity contribution in [2.24, 2.45) is 0 Å². The summed E-state index contributed by atoms with van der Waals surface area (Å²) in [7, 11) is 0. The number of benzene rings is 1. The lowest BCUT2D eigenvalue weighted by molar-refractivity contribution is -0.146. The van der Waals surface area contributed by atoms with Crippen LogP contribution in [0.25, 0.3) is 11.0 Å². The van der Waals surface area contributed by atoms with Crippen LogP contribution in [0.4, 0.5) is 0 Å². The van der Waals surface area contributed by atoms with E-state index in [9.17, 15) is 9.59 Å². The molecule has 0 bridgehead atoms. The molecule has 0 radical (unpaired) electrons. The molecular formula is C12H13N3O4. The monoisotopic (exact) mass is 263 g/mol. The number of aromatic amines is 1. The van der Waals surface area contributed by atoms with Crippen LogP contribution in [0.15, 0.2) is 24.5 Å². The first-order chi connectivity index (χ1) is 9.08. The number of imidazole rings is 1. The zero-order valence-corrected chi connectivity index (χ0v) is 9.96. The normalized spacial score (nSPS) is 12.3. The van der Waals surface area contributed by atoms with Crippen LogP contribution < -0.4 is 5.32 Å². The molecule has 0 aliphatic carbocycles. The Morgan fingerprint density at radius 2 is 2.21 bits per heavy atom. The number of rotatable bonds is 5. The van der Waals surface area contributed by atoms with E-state index in [-0.39, 0.29) is 18.9 Å². The second-order valence-corrected chi connectivity index (χ2v) is 4.03. The maximum atomic E-state index is 11.8. The van der Waals surface area contributed by atoms with Gasteiger partial charge < -0.3 is 20.5 Å². The van der Waals surface area contributed by atoms with Gasteiger partial charge in [0.2, 0.25) is 0 Å². The van der Waals surface area contributed by atoms with Gasteiger partial charge in [-0.3, -0.25) is 4.79 Å². The number of carboxylic acids is 1. The van der Waals surface area contributed by atoms with Crippen molar-refractivity contribution in [2.75, 3.05) is 6.54 Å². The summed E-state index contributed by atoms with van der Waals surface area (Å²) in [6.07, 6.45) is 0.0403. The van der Waals surface area contributed by atoms with E-state index >= 15 is 0 Å². The quantitative estimate of drug-likeness (QED) is 0.612. The number of carboxylic acid groups (broad SMARTS) is 1. The Labute approximate surface area is 108 Å². The highest BCUT2D eigenvalue weighted by Gasteiger charge is 2.13. The molecular weight excluding hydrogens is 250 g/mol. The van der Waals surface area contributed by atoms with Gasteiger partial charge in [0.05, 0.1) is 17.4 Å². The number of carbonyl (C=O) groups is 2. The van der Waals surface area contributed by atoms with Crippen molar-refractivity contribution in [1.82, 2.24) is 15.3 Å². The summed E-state index contributed by atoms with van der Waals surface area (Å²) in [6.45, 7) is 0.0906. The first-order valence-electron chi connectivity index (χ1n) is 5.70. The smallest absolute Gasteiger partial charge is 0.332 e. The number of hydrogen-bond donors (Lipinski definition) is 4. The van der Waals surface area contributed by atoms with Gasteiger partial charge in [-0.05, 0) is 18.2 Å². The zero-order valence-electron chi connectivity index (χ0n) is 9.96. The second kappa shape index (κ2) is 5.49. The minimum absolute atomic E-state index is 0.0344. The Balaban J connectivity index is 1.94. The van der Waals surface area contributed by atoms with E-state index in [1.165, 1.54) is 6.33 Å². The number of aliphatic carboxylic acids is 1. The number of hydrogen-bond acceptors (Lipinski definition) is 4. The lowest BCUT2D eigenvalue weighted by atomic mass is 10.2. The van der Waals surface area contributed by atoms with Crippen molar-refractivity contribution >= 4 is 22.9 Å². The number of nitrogens with zero attached hydrogens (tertiary/aromatic N) is 1. The first kappa shape index (κ1) is 13.0. The molecule has 4 N–H and O–H groups in total. The fourth-order valence-corrected chi connectivity index (χ4v) is 1.62. The van der Waals surface area contributed by atoms with Crippen molar-refractivity contribution in [3.8, 4) is 0 Å². The summed E-state index contributed by atoms with van der Waals surface area (Å²) in [4.78, 5) is 29.1. The molecule has 100 valence electrons. The molecule has 0 saturated heterocycles. The Bertz CT molecular complexity index is 608. The number of amides is 1. The summed E-state index contributed by atoms with van der Waals surface area (Å²) in [6, 6.07) is 5.00. The van der Waals surface area contributed by atoms with E-state index in [1.54, 1.807) is 18.2 Å². The van der Waals surface area contributed by atoms with Gasteiger partial charge in [-0.15, -0.1) is 0 Å². The van der Waals surface area contributed by atoms with Gasteiger partial charge in [-0.1, -0.05) is 0 Å². The minimum atomic E-state index is -1.46. The Kier molecular flexibility index (Phi) is 3.76. The molecule has 7 heteroatoms. The van der Waals surface area contributed by atoms with Gasteiger partial charge in [0.1, 0.15) is 0 Å². The molecule has 1 aromatic heterocycles. The van der Waals surface area contributed by atoms with Gasteiger partial charge in [-0.2, -0.15) is 0 Å². The third-order valence-electron chi connectivity index (χ3n) is 2.67. The van der Waals surface area contributed by atoms with Crippen LogP contribution in [0.1, 0.15) is 16.8 Å². The van der Waals surface area contributed by atoms with Gasteiger partial charge in [0.15, 0.2) is 6.10 Å². The van der Waals surface area contributed by atoms with E-state index in [4.69, 9.17) is 10.2 Å². The van der Waals surface area contributed by atoms with Crippen LogP contribution in [0.3, 0.4) is 0 Å². The molecule has 7 nitrogen and oxygen atoms in total.